The van der Waals surface area contributed by atoms with Crippen LogP contribution >= 0.6 is 0 Å². The van der Waals surface area contributed by atoms with Crippen molar-refractivity contribution in [2.45, 2.75) is 34.6 Å². The van der Waals surface area contributed by atoms with Crippen LogP contribution in [-0.2, 0) is 0 Å². The summed E-state index contributed by atoms with van der Waals surface area (Å²) in [6.45, 7) is 9.59. The molecule has 4 heteroatoms. The monoisotopic (exact) mass is 258 g/mol. The maximum Gasteiger partial charge on any atom is 0.354 e. The number of aromatic carboxylic acids is 1. The number of imidazole rings is 1. The number of carboxylic acids is 1. The minimum atomic E-state index is -0.947. The van der Waals surface area contributed by atoms with Gasteiger partial charge in [0.05, 0.1) is 11.4 Å². The molecule has 4 nitrogen and oxygen atoms in total. The number of hydrogen-bond donors (Lipinski definition) is 1. The lowest BCUT2D eigenvalue weighted by Gasteiger charge is -2.15. The Morgan fingerprint density at radius 2 is 1.63 bits per heavy atom. The zero-order valence-electron chi connectivity index (χ0n) is 11.9. The maximum atomic E-state index is 11.5. The number of rotatable bonds is 2. The molecule has 0 saturated heterocycles. The molecule has 0 radical (unpaired) electrons. The summed E-state index contributed by atoms with van der Waals surface area (Å²) in [4.78, 5) is 15.8. The van der Waals surface area contributed by atoms with Crippen molar-refractivity contribution in [3.8, 4) is 5.69 Å². The molecule has 0 aliphatic carbocycles. The number of benzene rings is 1. The van der Waals surface area contributed by atoms with E-state index in [1.54, 1.807) is 11.5 Å². The summed E-state index contributed by atoms with van der Waals surface area (Å²) in [5.41, 5.74) is 4.99. The van der Waals surface area contributed by atoms with Crippen molar-refractivity contribution in [2.24, 2.45) is 0 Å². The fourth-order valence-corrected chi connectivity index (χ4v) is 2.72. The summed E-state index contributed by atoms with van der Waals surface area (Å²) in [5.74, 6) is -0.248. The molecule has 1 heterocycles. The van der Waals surface area contributed by atoms with Crippen LogP contribution in [0.1, 0.15) is 38.7 Å². The Bertz CT molecular complexity index is 646. The van der Waals surface area contributed by atoms with Crippen LogP contribution in [-0.4, -0.2) is 20.6 Å². The second-order valence-corrected chi connectivity index (χ2v) is 4.98. The lowest BCUT2D eigenvalue weighted by atomic mass is 10.0. The second-order valence-electron chi connectivity index (χ2n) is 4.98. The molecule has 0 atom stereocenters. The molecule has 0 amide bonds. The van der Waals surface area contributed by atoms with Gasteiger partial charge in [-0.2, -0.15) is 0 Å². The van der Waals surface area contributed by atoms with Crippen molar-refractivity contribution in [3.63, 3.8) is 0 Å². The van der Waals surface area contributed by atoms with Crippen molar-refractivity contribution >= 4 is 5.97 Å². The average Bonchev–Trinajstić information content (AvgIpc) is 2.52. The molecule has 1 aromatic carbocycles. The zero-order chi connectivity index (χ0) is 14.3. The highest BCUT2D eigenvalue weighted by atomic mass is 16.4. The van der Waals surface area contributed by atoms with Crippen LogP contribution in [0.4, 0.5) is 0 Å². The molecule has 0 spiro atoms. The third kappa shape index (κ3) is 2.14. The Kier molecular flexibility index (Phi) is 3.18. The molecule has 0 saturated carbocycles. The number of hydrogen-bond acceptors (Lipinski definition) is 2. The minimum Gasteiger partial charge on any atom is -0.477 e. The average molecular weight is 258 g/mol. The van der Waals surface area contributed by atoms with Gasteiger partial charge < -0.3 is 5.11 Å². The van der Waals surface area contributed by atoms with E-state index in [2.05, 4.69) is 17.1 Å². The standard InChI is InChI=1S/C15H18N2O2/c1-8-6-9(2)13(10(3)7-8)17-12(5)16-11(4)14(17)15(18)19/h6-7H,1-5H3,(H,18,19). The van der Waals surface area contributed by atoms with Crippen LogP contribution in [0.25, 0.3) is 5.69 Å². The van der Waals surface area contributed by atoms with Gasteiger partial charge in [-0.3, -0.25) is 4.57 Å². The SMILES string of the molecule is Cc1cc(C)c(-n2c(C)nc(C)c2C(=O)O)c(C)c1. The summed E-state index contributed by atoms with van der Waals surface area (Å²) in [5, 5.41) is 9.40. The molecular formula is C15H18N2O2. The highest BCUT2D eigenvalue weighted by Crippen LogP contribution is 2.25. The Labute approximate surface area is 112 Å². The summed E-state index contributed by atoms with van der Waals surface area (Å²) < 4.78 is 1.74. The highest BCUT2D eigenvalue weighted by molar-refractivity contribution is 5.88. The molecule has 0 bridgehead atoms. The number of carboxylic acid groups (broad SMARTS) is 1. The van der Waals surface area contributed by atoms with Crippen LogP contribution in [0.2, 0.25) is 0 Å². The molecular weight excluding hydrogens is 240 g/mol. The van der Waals surface area contributed by atoms with Crippen LogP contribution in [0.15, 0.2) is 12.1 Å². The number of nitrogens with zero attached hydrogens (tertiary/aromatic N) is 2. The summed E-state index contributed by atoms with van der Waals surface area (Å²) >= 11 is 0. The van der Waals surface area contributed by atoms with Gasteiger partial charge in [-0.25, -0.2) is 9.78 Å². The van der Waals surface area contributed by atoms with Gasteiger partial charge in [0.1, 0.15) is 5.82 Å². The fourth-order valence-electron chi connectivity index (χ4n) is 2.72. The largest absolute Gasteiger partial charge is 0.477 e. The van der Waals surface area contributed by atoms with Crippen molar-refractivity contribution in [1.82, 2.24) is 9.55 Å². The first-order valence-electron chi connectivity index (χ1n) is 6.20. The Morgan fingerprint density at radius 1 is 1.11 bits per heavy atom. The quantitative estimate of drug-likeness (QED) is 0.900. The summed E-state index contributed by atoms with van der Waals surface area (Å²) in [6.07, 6.45) is 0. The Balaban J connectivity index is 2.83. The fraction of sp³-hybridized carbons (Fsp3) is 0.333. The van der Waals surface area contributed by atoms with Crippen LogP contribution in [0.5, 0.6) is 0 Å². The van der Waals surface area contributed by atoms with Gasteiger partial charge >= 0.3 is 5.97 Å². The van der Waals surface area contributed by atoms with Crippen molar-refractivity contribution in [1.29, 1.82) is 0 Å². The predicted molar refractivity (Wildman–Crippen MR) is 74.2 cm³/mol. The van der Waals surface area contributed by atoms with Crippen molar-refractivity contribution < 1.29 is 9.90 Å². The van der Waals surface area contributed by atoms with E-state index >= 15 is 0 Å². The second kappa shape index (κ2) is 4.53. The van der Waals surface area contributed by atoms with E-state index in [-0.39, 0.29) is 5.69 Å². The molecule has 1 aromatic heterocycles. The van der Waals surface area contributed by atoms with Gasteiger partial charge in [-0.15, -0.1) is 0 Å². The topological polar surface area (TPSA) is 55.1 Å². The van der Waals surface area contributed by atoms with Gasteiger partial charge in [0.2, 0.25) is 0 Å². The molecule has 1 N–H and O–H groups in total. The summed E-state index contributed by atoms with van der Waals surface area (Å²) in [7, 11) is 0. The normalized spacial score (nSPS) is 10.8. The van der Waals surface area contributed by atoms with E-state index in [4.69, 9.17) is 0 Å². The number of aryl methyl sites for hydroxylation is 5. The maximum absolute atomic E-state index is 11.5. The van der Waals surface area contributed by atoms with Crippen LogP contribution in [0, 0.1) is 34.6 Å². The van der Waals surface area contributed by atoms with Crippen LogP contribution in [0.3, 0.4) is 0 Å². The zero-order valence-corrected chi connectivity index (χ0v) is 11.9. The van der Waals surface area contributed by atoms with Gasteiger partial charge in [0, 0.05) is 0 Å². The van der Waals surface area contributed by atoms with Gasteiger partial charge in [-0.1, -0.05) is 17.7 Å². The molecule has 2 aromatic rings. The first kappa shape index (κ1) is 13.3. The van der Waals surface area contributed by atoms with E-state index < -0.39 is 5.97 Å². The predicted octanol–water partition coefficient (Wildman–Crippen LogP) is 3.11. The van der Waals surface area contributed by atoms with Gasteiger partial charge in [0.25, 0.3) is 0 Å². The first-order valence-corrected chi connectivity index (χ1v) is 6.20. The van der Waals surface area contributed by atoms with Gasteiger partial charge in [-0.05, 0) is 45.7 Å². The minimum absolute atomic E-state index is 0.243. The van der Waals surface area contributed by atoms with E-state index in [9.17, 15) is 9.90 Å². The Morgan fingerprint density at radius 3 is 2.11 bits per heavy atom. The van der Waals surface area contributed by atoms with Crippen molar-refractivity contribution in [2.75, 3.05) is 0 Å². The van der Waals surface area contributed by atoms with E-state index in [1.807, 2.05) is 27.7 Å². The van der Waals surface area contributed by atoms with Crippen LogP contribution < -0.4 is 0 Å². The number of carbonyl (C=O) groups is 1. The molecule has 0 fully saturated rings. The molecule has 0 unspecified atom stereocenters. The molecule has 19 heavy (non-hydrogen) atoms. The Hall–Kier alpha value is -2.10. The lowest BCUT2D eigenvalue weighted by molar-refractivity contribution is 0.0687. The smallest absolute Gasteiger partial charge is 0.354 e. The molecule has 0 aliphatic rings. The van der Waals surface area contributed by atoms with Gasteiger partial charge in [0.15, 0.2) is 5.69 Å². The number of aromatic nitrogens is 2. The third-order valence-corrected chi connectivity index (χ3v) is 3.28. The lowest BCUT2D eigenvalue weighted by Crippen LogP contribution is -2.11. The molecule has 100 valence electrons. The molecule has 2 rings (SSSR count). The first-order chi connectivity index (χ1) is 8.82. The van der Waals surface area contributed by atoms with E-state index in [0.29, 0.717) is 11.5 Å². The third-order valence-electron chi connectivity index (χ3n) is 3.28. The van der Waals surface area contributed by atoms with E-state index in [1.165, 1.54) is 5.56 Å². The summed E-state index contributed by atoms with van der Waals surface area (Å²) in [6, 6.07) is 4.12. The van der Waals surface area contributed by atoms with E-state index in [0.717, 1.165) is 16.8 Å². The molecule has 0 aliphatic heterocycles. The highest BCUT2D eigenvalue weighted by Gasteiger charge is 2.21. The van der Waals surface area contributed by atoms with Crippen molar-refractivity contribution in [3.05, 3.63) is 46.0 Å².